The van der Waals surface area contributed by atoms with Crippen LogP contribution in [0.5, 0.6) is 0 Å². The van der Waals surface area contributed by atoms with Gasteiger partial charge in [-0.15, -0.1) is 0 Å². The molecule has 0 radical (unpaired) electrons. The predicted molar refractivity (Wildman–Crippen MR) is 58.9 cm³/mol. The van der Waals surface area contributed by atoms with Crippen LogP contribution in [0.2, 0.25) is 0 Å². The Morgan fingerprint density at radius 1 is 1.60 bits per heavy atom. The monoisotopic (exact) mass is 207 g/mol. The molecule has 2 N–H and O–H groups in total. The van der Waals surface area contributed by atoms with E-state index in [1.807, 2.05) is 11.5 Å². The fourth-order valence-electron chi connectivity index (χ4n) is 1.82. The van der Waals surface area contributed by atoms with E-state index in [0.29, 0.717) is 12.6 Å². The molecule has 0 bridgehead atoms. The average Bonchev–Trinajstić information content (AvgIpc) is 3.01. The maximum absolute atomic E-state index is 12.1. The Labute approximate surface area is 89.1 Å². The van der Waals surface area contributed by atoms with Gasteiger partial charge < -0.3 is 5.73 Å². The maximum Gasteiger partial charge on any atom is 0.256 e. The molecule has 1 aromatic rings. The molecule has 1 saturated carbocycles. The van der Waals surface area contributed by atoms with Crippen LogP contribution < -0.4 is 11.3 Å². The Morgan fingerprint density at radius 2 is 2.33 bits per heavy atom. The summed E-state index contributed by atoms with van der Waals surface area (Å²) in [5.74, 6) is 0.832. The molecule has 1 aromatic heterocycles. The summed E-state index contributed by atoms with van der Waals surface area (Å²) >= 11 is 0. The van der Waals surface area contributed by atoms with E-state index in [2.05, 4.69) is 4.98 Å². The summed E-state index contributed by atoms with van der Waals surface area (Å²) in [6.07, 6.45) is 5.53. The van der Waals surface area contributed by atoms with Crippen LogP contribution in [0.15, 0.2) is 11.0 Å². The first-order valence-electron chi connectivity index (χ1n) is 5.51. The number of aromatic nitrogens is 2. The van der Waals surface area contributed by atoms with Gasteiger partial charge in [-0.05, 0) is 39.2 Å². The first kappa shape index (κ1) is 10.4. The van der Waals surface area contributed by atoms with E-state index in [9.17, 15) is 4.79 Å². The van der Waals surface area contributed by atoms with E-state index in [1.54, 1.807) is 6.20 Å². The van der Waals surface area contributed by atoms with E-state index in [1.165, 1.54) is 0 Å². The zero-order valence-corrected chi connectivity index (χ0v) is 9.07. The van der Waals surface area contributed by atoms with Gasteiger partial charge in [-0.2, -0.15) is 0 Å². The van der Waals surface area contributed by atoms with Gasteiger partial charge in [0.05, 0.1) is 0 Å². The second-order valence-electron chi connectivity index (χ2n) is 4.13. The summed E-state index contributed by atoms with van der Waals surface area (Å²) in [6.45, 7) is 2.52. The van der Waals surface area contributed by atoms with Crippen LogP contribution in [-0.4, -0.2) is 16.1 Å². The Bertz CT molecular complexity index is 407. The lowest BCUT2D eigenvalue weighted by molar-refractivity contribution is 0.641. The van der Waals surface area contributed by atoms with Crippen molar-refractivity contribution in [3.8, 4) is 0 Å². The van der Waals surface area contributed by atoms with Crippen LogP contribution in [0.1, 0.15) is 36.7 Å². The number of nitrogens with two attached hydrogens (primary N) is 1. The van der Waals surface area contributed by atoms with E-state index >= 15 is 0 Å². The number of hydrogen-bond acceptors (Lipinski definition) is 3. The quantitative estimate of drug-likeness (QED) is 0.793. The lowest BCUT2D eigenvalue weighted by Crippen LogP contribution is -2.26. The molecule has 0 unspecified atom stereocenters. The molecule has 0 saturated heterocycles. The fraction of sp³-hybridized carbons (Fsp3) is 0.636. The highest BCUT2D eigenvalue weighted by Crippen LogP contribution is 2.34. The lowest BCUT2D eigenvalue weighted by atomic mass is 10.2. The van der Waals surface area contributed by atoms with Crippen molar-refractivity contribution >= 4 is 0 Å². The van der Waals surface area contributed by atoms with Crippen molar-refractivity contribution in [3.63, 3.8) is 0 Å². The highest BCUT2D eigenvalue weighted by molar-refractivity contribution is 5.10. The van der Waals surface area contributed by atoms with Crippen LogP contribution in [0.3, 0.4) is 0 Å². The molecule has 0 aliphatic heterocycles. The summed E-state index contributed by atoms with van der Waals surface area (Å²) in [5.41, 5.74) is 6.38. The molecule has 1 heterocycles. The second kappa shape index (κ2) is 4.14. The molecule has 4 heteroatoms. The van der Waals surface area contributed by atoms with Gasteiger partial charge in [0.2, 0.25) is 0 Å². The summed E-state index contributed by atoms with van der Waals surface area (Å²) in [6, 6.07) is 0.405. The molecule has 1 aliphatic rings. The van der Waals surface area contributed by atoms with Crippen molar-refractivity contribution in [2.75, 3.05) is 6.54 Å². The summed E-state index contributed by atoms with van der Waals surface area (Å²) in [4.78, 5) is 16.3. The van der Waals surface area contributed by atoms with Gasteiger partial charge in [0.1, 0.15) is 5.82 Å². The van der Waals surface area contributed by atoms with E-state index < -0.39 is 0 Å². The van der Waals surface area contributed by atoms with Gasteiger partial charge in [-0.25, -0.2) is 4.98 Å². The third-order valence-corrected chi connectivity index (χ3v) is 2.81. The molecule has 0 amide bonds. The summed E-state index contributed by atoms with van der Waals surface area (Å²) < 4.78 is 1.84. The molecule has 4 nitrogen and oxygen atoms in total. The minimum Gasteiger partial charge on any atom is -0.330 e. The third kappa shape index (κ3) is 2.09. The van der Waals surface area contributed by atoms with Gasteiger partial charge in [0.15, 0.2) is 0 Å². The van der Waals surface area contributed by atoms with E-state index in [4.69, 9.17) is 5.73 Å². The Hall–Kier alpha value is -1.16. The molecule has 1 aliphatic carbocycles. The Morgan fingerprint density at radius 3 is 2.93 bits per heavy atom. The fourth-order valence-corrected chi connectivity index (χ4v) is 1.82. The second-order valence-corrected chi connectivity index (χ2v) is 4.13. The van der Waals surface area contributed by atoms with Crippen molar-refractivity contribution in [1.82, 2.24) is 9.55 Å². The number of aryl methyl sites for hydroxylation is 2. The van der Waals surface area contributed by atoms with Gasteiger partial charge in [0, 0.05) is 17.8 Å². The predicted octanol–water partition coefficient (Wildman–Crippen LogP) is 0.778. The minimum atomic E-state index is 0.137. The Kier molecular flexibility index (Phi) is 2.86. The third-order valence-electron chi connectivity index (χ3n) is 2.81. The minimum absolute atomic E-state index is 0.137. The molecule has 0 atom stereocenters. The van der Waals surface area contributed by atoms with Gasteiger partial charge >= 0.3 is 0 Å². The molecular weight excluding hydrogens is 190 g/mol. The standard InChI is InChI=1S/C11H17N3O/c1-8-13-7-9(3-2-6-12)11(15)14(8)10-4-5-10/h7,10H,2-6,12H2,1H3. The Balaban J connectivity index is 2.32. The largest absolute Gasteiger partial charge is 0.330 e. The van der Waals surface area contributed by atoms with Crippen LogP contribution in [0.25, 0.3) is 0 Å². The normalized spacial score (nSPS) is 15.6. The maximum atomic E-state index is 12.1. The van der Waals surface area contributed by atoms with Crippen LogP contribution in [-0.2, 0) is 6.42 Å². The summed E-state index contributed by atoms with van der Waals surface area (Å²) in [5, 5.41) is 0. The highest BCUT2D eigenvalue weighted by Gasteiger charge is 2.26. The van der Waals surface area contributed by atoms with E-state index in [0.717, 1.165) is 37.1 Å². The van der Waals surface area contributed by atoms with Crippen molar-refractivity contribution in [1.29, 1.82) is 0 Å². The van der Waals surface area contributed by atoms with Crippen LogP contribution in [0.4, 0.5) is 0 Å². The number of rotatable bonds is 4. The lowest BCUT2D eigenvalue weighted by Gasteiger charge is -2.09. The number of nitrogens with zero attached hydrogens (tertiary/aromatic N) is 2. The zero-order chi connectivity index (χ0) is 10.8. The van der Waals surface area contributed by atoms with Crippen molar-refractivity contribution in [2.24, 2.45) is 5.73 Å². The molecule has 0 spiro atoms. The van der Waals surface area contributed by atoms with E-state index in [-0.39, 0.29) is 5.56 Å². The smallest absolute Gasteiger partial charge is 0.256 e. The molecule has 2 rings (SSSR count). The first-order chi connectivity index (χ1) is 7.24. The molecule has 15 heavy (non-hydrogen) atoms. The van der Waals surface area contributed by atoms with Crippen molar-refractivity contribution in [3.05, 3.63) is 27.9 Å². The van der Waals surface area contributed by atoms with Gasteiger partial charge in [-0.3, -0.25) is 9.36 Å². The highest BCUT2D eigenvalue weighted by atomic mass is 16.1. The number of hydrogen-bond donors (Lipinski definition) is 1. The van der Waals surface area contributed by atoms with Crippen LogP contribution >= 0.6 is 0 Å². The molecular formula is C11H17N3O. The molecule has 82 valence electrons. The topological polar surface area (TPSA) is 60.9 Å². The van der Waals surface area contributed by atoms with Gasteiger partial charge in [0.25, 0.3) is 5.56 Å². The molecule has 1 fully saturated rings. The first-order valence-corrected chi connectivity index (χ1v) is 5.51. The van der Waals surface area contributed by atoms with Crippen molar-refractivity contribution < 1.29 is 0 Å². The average molecular weight is 207 g/mol. The van der Waals surface area contributed by atoms with Crippen LogP contribution in [0, 0.1) is 6.92 Å². The summed E-state index contributed by atoms with van der Waals surface area (Å²) in [7, 11) is 0. The zero-order valence-electron chi connectivity index (χ0n) is 9.07. The van der Waals surface area contributed by atoms with Crippen molar-refractivity contribution in [2.45, 2.75) is 38.6 Å². The SMILES string of the molecule is Cc1ncc(CCCN)c(=O)n1C1CC1. The van der Waals surface area contributed by atoms with Gasteiger partial charge in [-0.1, -0.05) is 0 Å². The molecule has 0 aromatic carbocycles.